The van der Waals surface area contributed by atoms with Crippen LogP contribution in [-0.2, 0) is 28.2 Å². The van der Waals surface area contributed by atoms with Crippen LogP contribution in [0.3, 0.4) is 0 Å². The van der Waals surface area contributed by atoms with Crippen LogP contribution in [0.25, 0.3) is 0 Å². The van der Waals surface area contributed by atoms with Gasteiger partial charge in [-0.2, -0.15) is 13.2 Å². The fourth-order valence-electron chi connectivity index (χ4n) is 3.35. The molecule has 4 nitrogen and oxygen atoms in total. The van der Waals surface area contributed by atoms with E-state index in [2.05, 4.69) is 33.9 Å². The molecule has 0 fully saturated rings. The maximum atomic E-state index is 13.8. The monoisotopic (exact) mass is 505 g/mol. The average Bonchev–Trinajstić information content (AvgIpc) is 2.84. The van der Waals surface area contributed by atoms with Gasteiger partial charge in [0.2, 0.25) is 0 Å². The Labute approximate surface area is 201 Å². The summed E-state index contributed by atoms with van der Waals surface area (Å²) in [7, 11) is -1.97. The van der Waals surface area contributed by atoms with Gasteiger partial charge in [-0.15, -0.1) is 11.8 Å². The van der Waals surface area contributed by atoms with Crippen LogP contribution < -0.4 is 0 Å². The Kier molecular flexibility index (Phi) is 8.67. The molecule has 2 rings (SSSR count). The molecular weight excluding hydrogens is 467 g/mol. The number of hydrogen-bond acceptors (Lipinski definition) is 4. The summed E-state index contributed by atoms with van der Waals surface area (Å²) in [6, 6.07) is 2.74. The Morgan fingerprint density at radius 3 is 2.21 bits per heavy atom. The van der Waals surface area contributed by atoms with Gasteiger partial charge in [0.25, 0.3) is 0 Å². The number of nitrogens with zero attached hydrogens (tertiary/aromatic N) is 1. The van der Waals surface area contributed by atoms with Crippen molar-refractivity contribution in [1.29, 1.82) is 0 Å². The third-order valence-corrected chi connectivity index (χ3v) is 11.9. The lowest BCUT2D eigenvalue weighted by Crippen LogP contribution is -2.41. The molecule has 0 aromatic heterocycles. The third-order valence-electron chi connectivity index (χ3n) is 6.20. The normalized spacial score (nSPS) is 15.8. The number of thioether (sulfide) groups is 1. The van der Waals surface area contributed by atoms with E-state index >= 15 is 0 Å². The van der Waals surface area contributed by atoms with Crippen LogP contribution in [0.15, 0.2) is 17.0 Å². The van der Waals surface area contributed by atoms with Crippen molar-refractivity contribution in [2.24, 2.45) is 0 Å². The highest BCUT2D eigenvalue weighted by atomic mass is 32.2. The van der Waals surface area contributed by atoms with Gasteiger partial charge < -0.3 is 14.1 Å². The Morgan fingerprint density at radius 2 is 1.67 bits per heavy atom. The van der Waals surface area contributed by atoms with Crippen LogP contribution in [0.1, 0.15) is 58.2 Å². The third kappa shape index (κ3) is 7.65. The first-order valence-electron chi connectivity index (χ1n) is 11.4. The molecule has 0 atom stereocenters. The van der Waals surface area contributed by atoms with Gasteiger partial charge in [0.05, 0.1) is 5.56 Å². The highest BCUT2D eigenvalue weighted by molar-refractivity contribution is 7.99. The van der Waals surface area contributed by atoms with Gasteiger partial charge in [-0.25, -0.2) is 4.79 Å². The Morgan fingerprint density at radius 1 is 1.06 bits per heavy atom. The van der Waals surface area contributed by atoms with Crippen LogP contribution in [0.4, 0.5) is 18.0 Å². The van der Waals surface area contributed by atoms with Gasteiger partial charge >= 0.3 is 12.3 Å². The van der Waals surface area contributed by atoms with Crippen LogP contribution in [0.2, 0.25) is 18.1 Å². The molecule has 33 heavy (non-hydrogen) atoms. The summed E-state index contributed by atoms with van der Waals surface area (Å²) in [5, 5.41) is 0.0454. The zero-order chi connectivity index (χ0) is 25.2. The second-order valence-corrected chi connectivity index (χ2v) is 16.9. The molecule has 1 aliphatic heterocycles. The number of carbonyl (C=O) groups excluding carboxylic acids is 1. The minimum absolute atomic E-state index is 0.0454. The zero-order valence-corrected chi connectivity index (χ0v) is 22.9. The molecule has 0 spiro atoms. The summed E-state index contributed by atoms with van der Waals surface area (Å²) in [6.07, 6.45) is -4.00. The topological polar surface area (TPSA) is 38.8 Å². The quantitative estimate of drug-likeness (QED) is 0.242. The van der Waals surface area contributed by atoms with Crippen LogP contribution in [0, 0.1) is 0 Å². The molecule has 1 aromatic rings. The van der Waals surface area contributed by atoms with E-state index in [9.17, 15) is 18.0 Å². The van der Waals surface area contributed by atoms with Crippen molar-refractivity contribution in [3.05, 3.63) is 28.8 Å². The number of hydrogen-bond donors (Lipinski definition) is 0. The molecule has 9 heteroatoms. The lowest BCUT2D eigenvalue weighted by molar-refractivity contribution is -0.139. The Balaban J connectivity index is 2.22. The summed E-state index contributed by atoms with van der Waals surface area (Å²) in [5.74, 6) is 0.446. The van der Waals surface area contributed by atoms with E-state index < -0.39 is 31.8 Å². The Bertz CT molecular complexity index is 845. The first kappa shape index (κ1) is 28.0. The van der Waals surface area contributed by atoms with Gasteiger partial charge in [0.1, 0.15) is 5.60 Å². The smallest absolute Gasteiger partial charge is 0.417 e. The molecule has 0 unspecified atom stereocenters. The van der Waals surface area contributed by atoms with Crippen molar-refractivity contribution in [1.82, 2.24) is 4.90 Å². The number of rotatable bonds is 5. The van der Waals surface area contributed by atoms with E-state index in [1.807, 2.05) is 0 Å². The molecule has 0 aliphatic carbocycles. The van der Waals surface area contributed by atoms with Crippen LogP contribution in [0.5, 0.6) is 0 Å². The van der Waals surface area contributed by atoms with Gasteiger partial charge in [0, 0.05) is 30.3 Å². The largest absolute Gasteiger partial charge is 0.444 e. The molecule has 0 bridgehead atoms. The summed E-state index contributed by atoms with van der Waals surface area (Å²) in [6.45, 7) is 17.3. The van der Waals surface area contributed by atoms with Gasteiger partial charge in [-0.1, -0.05) is 26.8 Å². The lowest BCUT2D eigenvalue weighted by atomic mass is 9.99. The molecular formula is C24H38F3NO3SSi. The number of ether oxygens (including phenoxy) is 1. The molecule has 1 amide bonds. The van der Waals surface area contributed by atoms with Gasteiger partial charge in [-0.05, 0) is 68.9 Å². The van der Waals surface area contributed by atoms with Crippen molar-refractivity contribution in [2.75, 3.05) is 25.4 Å². The molecule has 1 aliphatic rings. The first-order valence-corrected chi connectivity index (χ1v) is 15.3. The average molecular weight is 506 g/mol. The number of fused-ring (bicyclic) bond motifs is 1. The van der Waals surface area contributed by atoms with Crippen molar-refractivity contribution >= 4 is 26.2 Å². The van der Waals surface area contributed by atoms with E-state index in [-0.39, 0.29) is 9.93 Å². The molecule has 1 heterocycles. The Hall–Kier alpha value is -1.19. The molecule has 0 radical (unpaired) electrons. The van der Waals surface area contributed by atoms with E-state index in [1.54, 1.807) is 31.7 Å². The number of benzene rings is 1. The van der Waals surface area contributed by atoms with Crippen LogP contribution >= 0.6 is 11.8 Å². The number of halogens is 3. The summed E-state index contributed by atoms with van der Waals surface area (Å²) in [4.78, 5) is 14.4. The fraction of sp³-hybridized carbons (Fsp3) is 0.708. The number of carbonyl (C=O) groups is 1. The zero-order valence-electron chi connectivity index (χ0n) is 21.1. The second kappa shape index (κ2) is 10.2. The highest BCUT2D eigenvalue weighted by Gasteiger charge is 2.38. The van der Waals surface area contributed by atoms with E-state index in [4.69, 9.17) is 9.16 Å². The number of alkyl halides is 3. The highest BCUT2D eigenvalue weighted by Crippen LogP contribution is 2.41. The standard InChI is InChI=1S/C24H38F3NO3SSi/c1-22(2,3)31-21(29)28-13-11-17-9-10-19(24(25,26)27)20(18(17)12-14-28)32-16-15-30-33(7,8)23(4,5)6/h9-10H,11-16H2,1-8H3. The van der Waals surface area contributed by atoms with Crippen molar-refractivity contribution in [3.63, 3.8) is 0 Å². The summed E-state index contributed by atoms with van der Waals surface area (Å²) in [5.41, 5.74) is 0.324. The SMILES string of the molecule is CC(C)(C)OC(=O)N1CCc2ccc(C(F)(F)F)c(SCCO[Si](C)(C)C(C)(C)C)c2CC1. The van der Waals surface area contributed by atoms with E-state index in [1.165, 1.54) is 17.8 Å². The summed E-state index contributed by atoms with van der Waals surface area (Å²) >= 11 is 1.21. The van der Waals surface area contributed by atoms with Crippen molar-refractivity contribution in [3.8, 4) is 0 Å². The fourth-order valence-corrected chi connectivity index (χ4v) is 5.66. The van der Waals surface area contributed by atoms with Gasteiger partial charge in [0.15, 0.2) is 8.32 Å². The van der Waals surface area contributed by atoms with Crippen molar-refractivity contribution < 1.29 is 27.1 Å². The van der Waals surface area contributed by atoms with E-state index in [0.29, 0.717) is 43.9 Å². The predicted octanol–water partition coefficient (Wildman–Crippen LogP) is 7.16. The maximum absolute atomic E-state index is 13.8. The van der Waals surface area contributed by atoms with Crippen molar-refractivity contribution in [2.45, 2.75) is 89.2 Å². The molecule has 0 saturated carbocycles. The lowest BCUT2D eigenvalue weighted by Gasteiger charge is -2.36. The summed E-state index contributed by atoms with van der Waals surface area (Å²) < 4.78 is 53.2. The second-order valence-electron chi connectivity index (χ2n) is 11.0. The van der Waals surface area contributed by atoms with Crippen LogP contribution in [-0.4, -0.2) is 50.4 Å². The van der Waals surface area contributed by atoms with E-state index in [0.717, 1.165) is 5.56 Å². The minimum atomic E-state index is -4.44. The first-order chi connectivity index (χ1) is 14.9. The number of amides is 1. The molecule has 0 N–H and O–H groups in total. The minimum Gasteiger partial charge on any atom is -0.444 e. The van der Waals surface area contributed by atoms with Gasteiger partial charge in [-0.3, -0.25) is 0 Å². The predicted molar refractivity (Wildman–Crippen MR) is 131 cm³/mol. The molecule has 188 valence electrons. The maximum Gasteiger partial charge on any atom is 0.417 e. The molecule has 1 aromatic carbocycles. The molecule has 0 saturated heterocycles.